The van der Waals surface area contributed by atoms with Crippen molar-refractivity contribution in [3.63, 3.8) is 0 Å². The Morgan fingerprint density at radius 1 is 1.50 bits per heavy atom. The third-order valence-corrected chi connectivity index (χ3v) is 2.16. The number of nitrogens with zero attached hydrogens (tertiary/aromatic N) is 2. The van der Waals surface area contributed by atoms with E-state index in [1.807, 2.05) is 19.1 Å². The molecule has 86 valence electrons. The second kappa shape index (κ2) is 5.37. The summed E-state index contributed by atoms with van der Waals surface area (Å²) in [6, 6.07) is 7.17. The minimum absolute atomic E-state index is 0.00948. The monoisotopic (exact) mass is 239 g/mol. The van der Waals surface area contributed by atoms with E-state index in [2.05, 4.69) is 4.99 Å². The Balaban J connectivity index is 2.99. The molecule has 0 aliphatic heterocycles. The Labute approximate surface area is 99.2 Å². The smallest absolute Gasteiger partial charge is 0.225 e. The van der Waals surface area contributed by atoms with Crippen LogP contribution in [0.5, 0.6) is 0 Å². The Morgan fingerprint density at radius 2 is 2.19 bits per heavy atom. The molecule has 0 atom stereocenters. The van der Waals surface area contributed by atoms with Gasteiger partial charge in [-0.2, -0.15) is 4.99 Å². The standard InChI is InChI=1S/C10H14ClN5/c1-2-16(10(14)15-9(12)13)8-5-3-4-7(11)6-8/h3-6H,2H2,1H3,(H5,12,13,14,15). The largest absolute Gasteiger partial charge is 0.370 e. The SMILES string of the molecule is CCN(C(=N)N=C(N)N)c1cccc(Cl)c1. The van der Waals surface area contributed by atoms with E-state index in [1.165, 1.54) is 0 Å². The topological polar surface area (TPSA) is 91.5 Å². The van der Waals surface area contributed by atoms with Gasteiger partial charge in [0.25, 0.3) is 0 Å². The van der Waals surface area contributed by atoms with E-state index in [4.69, 9.17) is 28.5 Å². The van der Waals surface area contributed by atoms with Crippen LogP contribution in [0.3, 0.4) is 0 Å². The highest BCUT2D eigenvalue weighted by molar-refractivity contribution is 6.30. The van der Waals surface area contributed by atoms with E-state index in [0.29, 0.717) is 11.6 Å². The van der Waals surface area contributed by atoms with Crippen LogP contribution >= 0.6 is 11.6 Å². The first-order chi connectivity index (χ1) is 7.54. The van der Waals surface area contributed by atoms with Crippen LogP contribution in [0.25, 0.3) is 0 Å². The summed E-state index contributed by atoms with van der Waals surface area (Å²) < 4.78 is 0. The van der Waals surface area contributed by atoms with Crippen molar-refractivity contribution in [2.75, 3.05) is 11.4 Å². The third-order valence-electron chi connectivity index (χ3n) is 1.93. The summed E-state index contributed by atoms with van der Waals surface area (Å²) in [7, 11) is 0. The molecule has 0 heterocycles. The molecule has 0 bridgehead atoms. The molecule has 0 unspecified atom stereocenters. The summed E-state index contributed by atoms with van der Waals surface area (Å²) in [6.07, 6.45) is 0. The number of rotatable bonds is 2. The molecule has 0 saturated carbocycles. The number of aliphatic imine (C=N–C) groups is 1. The lowest BCUT2D eigenvalue weighted by atomic mass is 10.3. The van der Waals surface area contributed by atoms with Gasteiger partial charge in [0.1, 0.15) is 0 Å². The van der Waals surface area contributed by atoms with E-state index < -0.39 is 0 Å². The quantitative estimate of drug-likeness (QED) is 0.538. The average molecular weight is 240 g/mol. The van der Waals surface area contributed by atoms with Crippen molar-refractivity contribution >= 4 is 29.2 Å². The van der Waals surface area contributed by atoms with Gasteiger partial charge in [0.15, 0.2) is 5.96 Å². The maximum absolute atomic E-state index is 7.72. The molecule has 1 aromatic rings. The summed E-state index contributed by atoms with van der Waals surface area (Å²) in [5, 5.41) is 8.32. The van der Waals surface area contributed by atoms with Crippen LogP contribution in [0.1, 0.15) is 6.92 Å². The minimum atomic E-state index is -0.134. The Kier molecular flexibility index (Phi) is 4.13. The van der Waals surface area contributed by atoms with Crippen molar-refractivity contribution in [3.8, 4) is 0 Å². The van der Waals surface area contributed by atoms with Crippen LogP contribution in [0.2, 0.25) is 5.02 Å². The predicted octanol–water partition coefficient (Wildman–Crippen LogP) is 1.37. The van der Waals surface area contributed by atoms with Gasteiger partial charge in [-0.1, -0.05) is 17.7 Å². The van der Waals surface area contributed by atoms with Crippen LogP contribution in [0.15, 0.2) is 29.3 Å². The van der Waals surface area contributed by atoms with Crippen molar-refractivity contribution in [3.05, 3.63) is 29.3 Å². The Hall–Kier alpha value is -1.75. The number of hydrogen-bond donors (Lipinski definition) is 3. The van der Waals surface area contributed by atoms with Crippen LogP contribution in [-0.4, -0.2) is 18.5 Å². The van der Waals surface area contributed by atoms with Gasteiger partial charge in [-0.25, -0.2) is 0 Å². The molecule has 1 rings (SSSR count). The van der Waals surface area contributed by atoms with E-state index >= 15 is 0 Å². The molecule has 0 amide bonds. The fourth-order valence-electron chi connectivity index (χ4n) is 1.28. The molecule has 5 N–H and O–H groups in total. The molecule has 0 aliphatic rings. The predicted molar refractivity (Wildman–Crippen MR) is 68.0 cm³/mol. The van der Waals surface area contributed by atoms with Crippen LogP contribution in [0.4, 0.5) is 5.69 Å². The van der Waals surface area contributed by atoms with Crippen molar-refractivity contribution in [1.29, 1.82) is 5.41 Å². The summed E-state index contributed by atoms with van der Waals surface area (Å²) in [4.78, 5) is 5.34. The lowest BCUT2D eigenvalue weighted by Crippen LogP contribution is -2.33. The van der Waals surface area contributed by atoms with Crippen molar-refractivity contribution < 1.29 is 0 Å². The number of anilines is 1. The zero-order valence-electron chi connectivity index (χ0n) is 8.94. The van der Waals surface area contributed by atoms with Gasteiger partial charge in [-0.3, -0.25) is 5.41 Å². The lowest BCUT2D eigenvalue weighted by molar-refractivity contribution is 1.03. The highest BCUT2D eigenvalue weighted by Crippen LogP contribution is 2.19. The summed E-state index contributed by atoms with van der Waals surface area (Å²) in [5.41, 5.74) is 11.2. The highest BCUT2D eigenvalue weighted by Gasteiger charge is 2.09. The molecule has 16 heavy (non-hydrogen) atoms. The molecular weight excluding hydrogens is 226 g/mol. The highest BCUT2D eigenvalue weighted by atomic mass is 35.5. The molecule has 0 fully saturated rings. The van der Waals surface area contributed by atoms with E-state index in [0.717, 1.165) is 5.69 Å². The van der Waals surface area contributed by atoms with Gasteiger partial charge < -0.3 is 16.4 Å². The summed E-state index contributed by atoms with van der Waals surface area (Å²) in [5.74, 6) is -0.143. The molecule has 1 aromatic carbocycles. The Morgan fingerprint density at radius 3 is 2.69 bits per heavy atom. The number of guanidine groups is 2. The van der Waals surface area contributed by atoms with E-state index in [-0.39, 0.29) is 11.9 Å². The second-order valence-electron chi connectivity index (χ2n) is 3.08. The van der Waals surface area contributed by atoms with Gasteiger partial charge >= 0.3 is 0 Å². The number of halogens is 1. The van der Waals surface area contributed by atoms with Crippen molar-refractivity contribution in [1.82, 2.24) is 0 Å². The number of hydrogen-bond acceptors (Lipinski definition) is 1. The average Bonchev–Trinajstić information content (AvgIpc) is 2.17. The Bertz CT molecular complexity index is 411. The maximum Gasteiger partial charge on any atom is 0.225 e. The molecule has 5 nitrogen and oxygen atoms in total. The fourth-order valence-corrected chi connectivity index (χ4v) is 1.47. The normalized spacial score (nSPS) is 9.62. The third kappa shape index (κ3) is 3.13. The molecule has 0 saturated heterocycles. The van der Waals surface area contributed by atoms with Crippen molar-refractivity contribution in [2.24, 2.45) is 16.5 Å². The van der Waals surface area contributed by atoms with Gasteiger partial charge in [-0.15, -0.1) is 0 Å². The molecule has 0 radical (unpaired) electrons. The molecular formula is C10H14ClN5. The van der Waals surface area contributed by atoms with E-state index in [9.17, 15) is 0 Å². The van der Waals surface area contributed by atoms with Crippen molar-refractivity contribution in [2.45, 2.75) is 6.92 Å². The van der Waals surface area contributed by atoms with Gasteiger partial charge in [-0.05, 0) is 25.1 Å². The molecule has 6 heteroatoms. The lowest BCUT2D eigenvalue weighted by Gasteiger charge is -2.20. The van der Waals surface area contributed by atoms with Gasteiger partial charge in [0.05, 0.1) is 0 Å². The van der Waals surface area contributed by atoms with E-state index in [1.54, 1.807) is 17.0 Å². The summed E-state index contributed by atoms with van der Waals surface area (Å²) >= 11 is 5.87. The second-order valence-corrected chi connectivity index (χ2v) is 3.52. The summed E-state index contributed by atoms with van der Waals surface area (Å²) in [6.45, 7) is 2.48. The zero-order valence-corrected chi connectivity index (χ0v) is 9.70. The number of nitrogens with two attached hydrogens (primary N) is 2. The van der Waals surface area contributed by atoms with Gasteiger partial charge in [0, 0.05) is 17.3 Å². The molecule has 0 spiro atoms. The fraction of sp³-hybridized carbons (Fsp3) is 0.200. The number of benzene rings is 1. The molecule has 0 aromatic heterocycles. The first-order valence-electron chi connectivity index (χ1n) is 4.76. The minimum Gasteiger partial charge on any atom is -0.370 e. The first-order valence-corrected chi connectivity index (χ1v) is 5.13. The maximum atomic E-state index is 7.72. The van der Waals surface area contributed by atoms with Gasteiger partial charge in [0.2, 0.25) is 5.96 Å². The van der Waals surface area contributed by atoms with Crippen LogP contribution in [-0.2, 0) is 0 Å². The van der Waals surface area contributed by atoms with Crippen LogP contribution in [0, 0.1) is 5.41 Å². The zero-order chi connectivity index (χ0) is 12.1. The molecule has 0 aliphatic carbocycles. The first kappa shape index (κ1) is 12.3. The number of nitrogens with one attached hydrogen (secondary N) is 1. The van der Waals surface area contributed by atoms with Crippen LogP contribution < -0.4 is 16.4 Å².